The molecule has 0 saturated heterocycles. The molecule has 33 heavy (non-hydrogen) atoms. The van der Waals surface area contributed by atoms with Gasteiger partial charge in [0.1, 0.15) is 5.82 Å². The first kappa shape index (κ1) is 23.5. The summed E-state index contributed by atoms with van der Waals surface area (Å²) in [6, 6.07) is 5.34. The van der Waals surface area contributed by atoms with E-state index in [1.165, 1.54) is 0 Å². The zero-order chi connectivity index (χ0) is 24.3. The van der Waals surface area contributed by atoms with Gasteiger partial charge in [-0.1, -0.05) is 0 Å². The number of Topliss-reactive ketones (excluding diaryl/α,β-unsaturated/α-hetero) is 1. The lowest BCUT2D eigenvalue weighted by Crippen LogP contribution is -2.27. The van der Waals surface area contributed by atoms with Crippen LogP contribution in [0.3, 0.4) is 0 Å². The molecule has 172 valence electrons. The minimum atomic E-state index is -1.26. The van der Waals surface area contributed by atoms with E-state index >= 15 is 0 Å². The predicted octanol–water partition coefficient (Wildman–Crippen LogP) is 1.94. The largest absolute Gasteiger partial charge is 0.478 e. The van der Waals surface area contributed by atoms with Crippen molar-refractivity contribution < 1.29 is 29.4 Å². The molecule has 1 aromatic carbocycles. The molecule has 0 saturated carbocycles. The Bertz CT molecular complexity index is 1270. The Morgan fingerprint density at radius 1 is 1.21 bits per heavy atom. The number of carboxylic acids is 2. The minimum absolute atomic E-state index is 0.0803. The highest BCUT2D eigenvalue weighted by Crippen LogP contribution is 2.35. The van der Waals surface area contributed by atoms with Crippen molar-refractivity contribution in [1.29, 1.82) is 0 Å². The van der Waals surface area contributed by atoms with Crippen molar-refractivity contribution in [3.05, 3.63) is 65.4 Å². The van der Waals surface area contributed by atoms with Crippen molar-refractivity contribution in [3.8, 4) is 0 Å². The molecule has 1 atom stereocenters. The van der Waals surface area contributed by atoms with Gasteiger partial charge in [0, 0.05) is 71.8 Å². The van der Waals surface area contributed by atoms with Gasteiger partial charge >= 0.3 is 11.9 Å². The minimum Gasteiger partial charge on any atom is -0.478 e. The summed E-state index contributed by atoms with van der Waals surface area (Å²) >= 11 is 0. The number of nitrogens with zero attached hydrogens (tertiary/aromatic N) is 3. The van der Waals surface area contributed by atoms with Gasteiger partial charge in [0.15, 0.2) is 5.78 Å². The summed E-state index contributed by atoms with van der Waals surface area (Å²) in [5, 5.41) is 16.4. The third kappa shape index (κ3) is 5.00. The van der Waals surface area contributed by atoms with Crippen LogP contribution in [0.5, 0.6) is 0 Å². The van der Waals surface area contributed by atoms with Crippen LogP contribution in [-0.4, -0.2) is 48.0 Å². The van der Waals surface area contributed by atoms with E-state index in [-0.39, 0.29) is 11.7 Å². The molecule has 4 N–H and O–H groups in total. The lowest BCUT2D eigenvalue weighted by atomic mass is 9.84. The molecule has 1 unspecified atom stereocenters. The molecule has 10 nitrogen and oxygen atoms in total. The second kappa shape index (κ2) is 9.51. The fourth-order valence-electron chi connectivity index (χ4n) is 4.02. The summed E-state index contributed by atoms with van der Waals surface area (Å²) in [6.07, 6.45) is 6.44. The van der Waals surface area contributed by atoms with E-state index in [1.807, 2.05) is 30.8 Å². The highest BCUT2D eigenvalue weighted by Gasteiger charge is 2.32. The van der Waals surface area contributed by atoms with Crippen LogP contribution < -0.4 is 5.73 Å². The third-order valence-corrected chi connectivity index (χ3v) is 5.66. The Labute approximate surface area is 188 Å². The number of rotatable bonds is 5. The molecule has 1 aliphatic carbocycles. The van der Waals surface area contributed by atoms with Gasteiger partial charge in [0.05, 0.1) is 0 Å². The maximum absolute atomic E-state index is 13.2. The summed E-state index contributed by atoms with van der Waals surface area (Å²) in [6.45, 7) is 2.58. The lowest BCUT2D eigenvalue weighted by Gasteiger charge is -2.23. The SMILES string of the molecule is Cc1nccn1CC1CCc2c(c3cc(C(N)=O)ccc3n2C)C1=O.O=C(O)/C=C\C(=O)O. The molecule has 0 radical (unpaired) electrons. The third-order valence-electron chi connectivity index (χ3n) is 5.66. The van der Waals surface area contributed by atoms with Crippen LogP contribution in [0, 0.1) is 12.8 Å². The van der Waals surface area contributed by atoms with Crippen LogP contribution in [0.4, 0.5) is 0 Å². The maximum Gasteiger partial charge on any atom is 0.328 e. The summed E-state index contributed by atoms with van der Waals surface area (Å²) in [5.41, 5.74) is 8.60. The van der Waals surface area contributed by atoms with E-state index in [9.17, 15) is 19.2 Å². The number of aromatic nitrogens is 3. The van der Waals surface area contributed by atoms with Crippen molar-refractivity contribution in [2.75, 3.05) is 0 Å². The van der Waals surface area contributed by atoms with Gasteiger partial charge in [-0.25, -0.2) is 14.6 Å². The molecule has 10 heteroatoms. The fraction of sp³-hybridized carbons (Fsp3) is 0.261. The monoisotopic (exact) mass is 452 g/mol. The van der Waals surface area contributed by atoms with E-state index in [4.69, 9.17) is 15.9 Å². The average molecular weight is 452 g/mol. The Hall–Kier alpha value is -4.21. The molecule has 0 bridgehead atoms. The highest BCUT2D eigenvalue weighted by molar-refractivity contribution is 6.12. The molecule has 1 amide bonds. The Morgan fingerprint density at radius 3 is 2.42 bits per heavy atom. The van der Waals surface area contributed by atoms with Crippen molar-refractivity contribution in [2.45, 2.75) is 26.3 Å². The van der Waals surface area contributed by atoms with Gasteiger partial charge in [0.25, 0.3) is 0 Å². The topological polar surface area (TPSA) is 158 Å². The normalized spacial score (nSPS) is 15.2. The van der Waals surface area contributed by atoms with E-state index in [0.717, 1.165) is 40.8 Å². The Morgan fingerprint density at radius 2 is 1.88 bits per heavy atom. The first-order valence-corrected chi connectivity index (χ1v) is 10.2. The number of carbonyl (C=O) groups excluding carboxylic acids is 2. The van der Waals surface area contributed by atoms with E-state index in [1.54, 1.807) is 18.3 Å². The summed E-state index contributed by atoms with van der Waals surface area (Å²) in [4.78, 5) is 48.1. The summed E-state index contributed by atoms with van der Waals surface area (Å²) < 4.78 is 4.08. The first-order valence-electron chi connectivity index (χ1n) is 10.2. The zero-order valence-electron chi connectivity index (χ0n) is 18.2. The van der Waals surface area contributed by atoms with Crippen molar-refractivity contribution in [2.24, 2.45) is 18.7 Å². The number of carbonyl (C=O) groups is 4. The van der Waals surface area contributed by atoms with E-state index < -0.39 is 17.8 Å². The molecule has 4 rings (SSSR count). The van der Waals surface area contributed by atoms with Crippen LogP contribution in [0.25, 0.3) is 10.9 Å². The van der Waals surface area contributed by atoms with Crippen molar-refractivity contribution >= 4 is 34.5 Å². The first-order chi connectivity index (χ1) is 15.6. The second-order valence-electron chi connectivity index (χ2n) is 7.71. The molecule has 0 aliphatic heterocycles. The number of amides is 1. The van der Waals surface area contributed by atoms with Gasteiger partial charge < -0.3 is 25.1 Å². The number of imidazole rings is 1. The number of benzene rings is 1. The Kier molecular flexibility index (Phi) is 6.76. The van der Waals surface area contributed by atoms with E-state index in [2.05, 4.69) is 9.55 Å². The number of aliphatic carboxylic acids is 2. The Balaban J connectivity index is 0.000000331. The quantitative estimate of drug-likeness (QED) is 0.499. The summed E-state index contributed by atoms with van der Waals surface area (Å²) in [5.74, 6) is -2.02. The zero-order valence-corrected chi connectivity index (χ0v) is 18.2. The number of hydrogen-bond donors (Lipinski definition) is 3. The molecule has 2 aromatic heterocycles. The summed E-state index contributed by atoms with van der Waals surface area (Å²) in [7, 11) is 1.97. The molecule has 1 aliphatic rings. The van der Waals surface area contributed by atoms with Gasteiger partial charge in [-0.3, -0.25) is 9.59 Å². The van der Waals surface area contributed by atoms with Gasteiger partial charge in [0.2, 0.25) is 5.91 Å². The standard InChI is InChI=1S/C19H20N4O2.C4H4O4/c1-11-21-7-8-23(11)10-13-4-6-16-17(18(13)24)14-9-12(19(20)25)3-5-15(14)22(16)2;5-3(6)1-2-4(7)8/h3,5,7-9,13H,4,6,10H2,1-2H3,(H2,20,25);1-2H,(H,5,6)(H,7,8)/b;2-1-. The fourth-order valence-corrected chi connectivity index (χ4v) is 4.02. The maximum atomic E-state index is 13.2. The van der Waals surface area contributed by atoms with Crippen LogP contribution in [0.2, 0.25) is 0 Å². The molecular formula is C23H24N4O6. The van der Waals surface area contributed by atoms with Crippen LogP contribution in [-0.2, 0) is 29.6 Å². The number of nitrogens with two attached hydrogens (primary N) is 1. The van der Waals surface area contributed by atoms with Gasteiger partial charge in [-0.05, 0) is 38.0 Å². The smallest absolute Gasteiger partial charge is 0.328 e. The number of carboxylic acid groups (broad SMARTS) is 2. The number of primary amides is 1. The highest BCUT2D eigenvalue weighted by atomic mass is 16.4. The van der Waals surface area contributed by atoms with Crippen molar-refractivity contribution in [3.63, 3.8) is 0 Å². The van der Waals surface area contributed by atoms with Gasteiger partial charge in [-0.2, -0.15) is 0 Å². The molecule has 3 aromatic rings. The average Bonchev–Trinajstić information content (AvgIpc) is 3.29. The van der Waals surface area contributed by atoms with Crippen LogP contribution in [0.15, 0.2) is 42.7 Å². The number of hydrogen-bond acceptors (Lipinski definition) is 5. The van der Waals surface area contributed by atoms with Crippen LogP contribution in [0.1, 0.15) is 38.7 Å². The number of ketones is 1. The van der Waals surface area contributed by atoms with Gasteiger partial charge in [-0.15, -0.1) is 0 Å². The molecule has 0 spiro atoms. The number of fused-ring (bicyclic) bond motifs is 3. The predicted molar refractivity (Wildman–Crippen MR) is 119 cm³/mol. The molecule has 2 heterocycles. The molecule has 0 fully saturated rings. The second-order valence-corrected chi connectivity index (χ2v) is 7.71. The molecular weight excluding hydrogens is 428 g/mol. The number of aryl methyl sites for hydroxylation is 2. The lowest BCUT2D eigenvalue weighted by molar-refractivity contribution is -0.134. The van der Waals surface area contributed by atoms with Crippen LogP contribution >= 0.6 is 0 Å². The van der Waals surface area contributed by atoms with Crippen molar-refractivity contribution in [1.82, 2.24) is 14.1 Å². The van der Waals surface area contributed by atoms with E-state index in [0.29, 0.717) is 24.3 Å².